The first-order valence-corrected chi connectivity index (χ1v) is 7.04. The van der Waals surface area contributed by atoms with Crippen LogP contribution < -0.4 is 0 Å². The molecule has 0 aromatic heterocycles. The zero-order valence-electron chi connectivity index (χ0n) is 12.4. The van der Waals surface area contributed by atoms with E-state index in [0.29, 0.717) is 5.56 Å². The summed E-state index contributed by atoms with van der Waals surface area (Å²) in [5.74, 6) is -1.43. The summed E-state index contributed by atoms with van der Waals surface area (Å²) in [6, 6.07) is 3.95. The maximum Gasteiger partial charge on any atom is 0.330 e. The summed E-state index contributed by atoms with van der Waals surface area (Å²) < 4.78 is 9.69. The number of ether oxygens (including phenoxy) is 2. The molecule has 9 heteroatoms. The summed E-state index contributed by atoms with van der Waals surface area (Å²) in [7, 11) is 0. The van der Waals surface area contributed by atoms with Gasteiger partial charge in [-0.1, -0.05) is 6.07 Å². The Hall–Kier alpha value is -2.17. The molecule has 1 aliphatic heterocycles. The molecule has 24 heavy (non-hydrogen) atoms. The molecule has 0 amide bonds. The van der Waals surface area contributed by atoms with Gasteiger partial charge in [-0.15, -0.1) is 0 Å². The molecule has 6 N–H and O–H groups in total. The lowest BCUT2D eigenvalue weighted by Crippen LogP contribution is -2.58. The van der Waals surface area contributed by atoms with Gasteiger partial charge in [-0.25, -0.2) is 4.79 Å². The van der Waals surface area contributed by atoms with Crippen LogP contribution in [0.2, 0.25) is 0 Å². The van der Waals surface area contributed by atoms with E-state index in [2.05, 4.69) is 0 Å². The fraction of sp³-hybridized carbons (Fsp3) is 0.400. The fourth-order valence-corrected chi connectivity index (χ4v) is 2.09. The number of phenols is 2. The van der Waals surface area contributed by atoms with Crippen LogP contribution in [-0.4, -0.2) is 73.9 Å². The van der Waals surface area contributed by atoms with Gasteiger partial charge in [0.25, 0.3) is 0 Å². The molecule has 1 fully saturated rings. The predicted molar refractivity (Wildman–Crippen MR) is 78.7 cm³/mol. The van der Waals surface area contributed by atoms with Gasteiger partial charge in [-0.3, -0.25) is 0 Å². The first-order chi connectivity index (χ1) is 11.3. The maximum atomic E-state index is 11.6. The van der Waals surface area contributed by atoms with Crippen LogP contribution in [0, 0.1) is 0 Å². The van der Waals surface area contributed by atoms with Crippen LogP contribution in [-0.2, 0) is 14.3 Å². The van der Waals surface area contributed by atoms with E-state index < -0.39 is 43.3 Å². The van der Waals surface area contributed by atoms with Gasteiger partial charge in [0.05, 0.1) is 0 Å². The summed E-state index contributed by atoms with van der Waals surface area (Å²) in [6.07, 6.45) is -5.36. The van der Waals surface area contributed by atoms with Crippen molar-refractivity contribution in [3.8, 4) is 11.5 Å². The second kappa shape index (κ2) is 7.60. The van der Waals surface area contributed by atoms with Gasteiger partial charge in [-0.05, 0) is 23.8 Å². The zero-order chi connectivity index (χ0) is 17.9. The van der Waals surface area contributed by atoms with E-state index in [1.807, 2.05) is 0 Å². The van der Waals surface area contributed by atoms with Crippen LogP contribution in [0.3, 0.4) is 0 Å². The smallest absolute Gasteiger partial charge is 0.330 e. The fourth-order valence-electron chi connectivity index (χ4n) is 2.09. The Balaban J connectivity index is 1.88. The van der Waals surface area contributed by atoms with Crippen LogP contribution in [0.1, 0.15) is 5.56 Å². The lowest BCUT2D eigenvalue weighted by Gasteiger charge is -2.37. The van der Waals surface area contributed by atoms with Gasteiger partial charge in [0.2, 0.25) is 0 Å². The van der Waals surface area contributed by atoms with Crippen molar-refractivity contribution in [2.75, 3.05) is 6.61 Å². The molecule has 0 radical (unpaired) electrons. The van der Waals surface area contributed by atoms with Crippen molar-refractivity contribution in [2.45, 2.75) is 30.7 Å². The number of carbonyl (C=O) groups excluding carboxylic acids is 1. The minimum Gasteiger partial charge on any atom is -0.504 e. The summed E-state index contributed by atoms with van der Waals surface area (Å²) in [5, 5.41) is 56.4. The molecule has 0 bridgehead atoms. The summed E-state index contributed by atoms with van der Waals surface area (Å²) >= 11 is 0. The second-order valence-corrected chi connectivity index (χ2v) is 5.25. The molecule has 0 aliphatic carbocycles. The first kappa shape index (κ1) is 18.2. The standard InChI is InChI=1S/C15H18O9/c16-8-3-1-7(5-9(8)17)2-4-11(18)23-6-10-12(19)13(20)14(21)15(22)24-10/h1-5,10,12-17,19-22H,6H2/t10-,12-,13+,14-,15-/m1/s1. The van der Waals surface area contributed by atoms with Crippen LogP contribution in [0.5, 0.6) is 11.5 Å². The van der Waals surface area contributed by atoms with Crippen molar-refractivity contribution in [3.05, 3.63) is 29.8 Å². The summed E-state index contributed by atoms with van der Waals surface area (Å²) in [5.41, 5.74) is 0.435. The number of aliphatic hydroxyl groups is 4. The van der Waals surface area contributed by atoms with Crippen molar-refractivity contribution in [1.82, 2.24) is 0 Å². The SMILES string of the molecule is O=C(C=Cc1ccc(O)c(O)c1)OC[C@H]1O[C@@H](O)[C@H](O)[C@@H](O)[C@@H]1O. The third-order valence-corrected chi connectivity index (χ3v) is 3.49. The van der Waals surface area contributed by atoms with Crippen molar-refractivity contribution in [1.29, 1.82) is 0 Å². The Kier molecular flexibility index (Phi) is 5.75. The quantitative estimate of drug-likeness (QED) is 0.217. The lowest BCUT2D eigenvalue weighted by molar-refractivity contribution is -0.287. The number of hydrogen-bond donors (Lipinski definition) is 6. The molecular formula is C15H18O9. The van der Waals surface area contributed by atoms with Crippen molar-refractivity contribution in [3.63, 3.8) is 0 Å². The number of aliphatic hydroxyl groups excluding tert-OH is 4. The number of hydrogen-bond acceptors (Lipinski definition) is 9. The van der Waals surface area contributed by atoms with E-state index in [1.54, 1.807) is 0 Å². The zero-order valence-corrected chi connectivity index (χ0v) is 12.4. The molecule has 1 aliphatic rings. The topological polar surface area (TPSA) is 157 Å². The number of aromatic hydroxyl groups is 2. The Bertz CT molecular complexity index is 615. The molecule has 0 saturated carbocycles. The van der Waals surface area contributed by atoms with Gasteiger partial charge in [0.1, 0.15) is 31.0 Å². The molecule has 9 nitrogen and oxygen atoms in total. The minimum atomic E-state index is -1.71. The maximum absolute atomic E-state index is 11.6. The van der Waals surface area contributed by atoms with Crippen molar-refractivity contribution < 1.29 is 44.9 Å². The average molecular weight is 342 g/mol. The Labute approximate surface area is 136 Å². The highest BCUT2D eigenvalue weighted by Crippen LogP contribution is 2.25. The molecule has 0 unspecified atom stereocenters. The number of benzene rings is 1. The third kappa shape index (κ3) is 4.22. The average Bonchev–Trinajstić information content (AvgIpc) is 2.56. The van der Waals surface area contributed by atoms with E-state index in [1.165, 1.54) is 24.3 Å². The lowest BCUT2D eigenvalue weighted by atomic mass is 9.99. The van der Waals surface area contributed by atoms with Gasteiger partial charge >= 0.3 is 5.97 Å². The number of esters is 1. The largest absolute Gasteiger partial charge is 0.504 e. The highest BCUT2D eigenvalue weighted by Gasteiger charge is 2.43. The molecule has 132 valence electrons. The Morgan fingerprint density at radius 2 is 1.79 bits per heavy atom. The highest BCUT2D eigenvalue weighted by atomic mass is 16.6. The molecule has 5 atom stereocenters. The monoisotopic (exact) mass is 342 g/mol. The summed E-state index contributed by atoms with van der Waals surface area (Å²) in [4.78, 5) is 11.6. The molecule has 1 aromatic carbocycles. The molecule has 1 saturated heterocycles. The molecule has 1 heterocycles. The molecule has 0 spiro atoms. The summed E-state index contributed by atoms with van der Waals surface area (Å²) in [6.45, 7) is -0.452. The first-order valence-electron chi connectivity index (χ1n) is 7.04. The van der Waals surface area contributed by atoms with Gasteiger partial charge in [0.15, 0.2) is 17.8 Å². The minimum absolute atomic E-state index is 0.294. The molecule has 2 rings (SSSR count). The molecule has 1 aromatic rings. The third-order valence-electron chi connectivity index (χ3n) is 3.49. The normalized spacial score (nSPS) is 30.4. The van der Waals surface area contributed by atoms with Crippen LogP contribution in [0.4, 0.5) is 0 Å². The number of carbonyl (C=O) groups is 1. The Morgan fingerprint density at radius 3 is 2.46 bits per heavy atom. The van der Waals surface area contributed by atoms with Crippen LogP contribution in [0.15, 0.2) is 24.3 Å². The van der Waals surface area contributed by atoms with E-state index in [9.17, 15) is 35.4 Å². The van der Waals surface area contributed by atoms with Gasteiger partial charge < -0.3 is 40.1 Å². The highest BCUT2D eigenvalue weighted by molar-refractivity contribution is 5.87. The van der Waals surface area contributed by atoms with E-state index in [-0.39, 0.29) is 11.5 Å². The van der Waals surface area contributed by atoms with Gasteiger partial charge in [-0.2, -0.15) is 0 Å². The second-order valence-electron chi connectivity index (χ2n) is 5.25. The van der Waals surface area contributed by atoms with E-state index in [4.69, 9.17) is 9.47 Å². The van der Waals surface area contributed by atoms with Crippen molar-refractivity contribution >= 4 is 12.0 Å². The predicted octanol–water partition coefficient (Wildman–Crippen LogP) is -1.55. The van der Waals surface area contributed by atoms with Crippen molar-refractivity contribution in [2.24, 2.45) is 0 Å². The van der Waals surface area contributed by atoms with E-state index in [0.717, 1.165) is 6.08 Å². The number of phenolic OH excluding ortho intramolecular Hbond substituents is 2. The Morgan fingerprint density at radius 1 is 1.08 bits per heavy atom. The van der Waals surface area contributed by atoms with Gasteiger partial charge in [0, 0.05) is 6.08 Å². The van der Waals surface area contributed by atoms with E-state index >= 15 is 0 Å². The molecular weight excluding hydrogens is 324 g/mol. The van der Waals surface area contributed by atoms with Crippen LogP contribution >= 0.6 is 0 Å². The number of rotatable bonds is 4. The van der Waals surface area contributed by atoms with Crippen LogP contribution in [0.25, 0.3) is 6.08 Å².